The Morgan fingerprint density at radius 1 is 0.721 bits per heavy atom. The average molecular weight is 600 g/mol. The van der Waals surface area contributed by atoms with Crippen molar-refractivity contribution in [2.45, 2.75) is 32.6 Å². The van der Waals surface area contributed by atoms with Crippen LogP contribution in [0.25, 0.3) is 0 Å². The van der Waals surface area contributed by atoms with Gasteiger partial charge in [-0.1, -0.05) is 36.4 Å². The van der Waals surface area contributed by atoms with E-state index in [4.69, 9.17) is 5.73 Å². The molecule has 12 heteroatoms. The van der Waals surface area contributed by atoms with E-state index >= 15 is 0 Å². The lowest BCUT2D eigenvalue weighted by Crippen LogP contribution is -2.51. The second-order valence-corrected chi connectivity index (χ2v) is 10.5. The Hall–Kier alpha value is -4.29. The van der Waals surface area contributed by atoms with E-state index in [1.165, 1.54) is 13.0 Å². The zero-order valence-corrected chi connectivity index (χ0v) is 23.4. The molecule has 2 N–H and O–H groups in total. The third kappa shape index (κ3) is 6.11. The molecule has 5 rings (SSSR count). The summed E-state index contributed by atoms with van der Waals surface area (Å²) in [5, 5.41) is 0. The van der Waals surface area contributed by atoms with Crippen LogP contribution in [-0.2, 0) is 19.6 Å². The molecule has 0 radical (unpaired) electrons. The Morgan fingerprint density at radius 2 is 1.33 bits per heavy atom. The SMILES string of the molecule is Cc1c(N2CCN(Cc3c(F)ccc(F)c3F)CC2)c(=O)n(C[C@H](N)c2ccccc2)c(=O)n1Cc1c(F)cccc1F. The normalized spacial score (nSPS) is 14.7. The molecule has 0 spiro atoms. The molecule has 0 amide bonds. The van der Waals surface area contributed by atoms with Gasteiger partial charge in [-0.25, -0.2) is 26.7 Å². The molecule has 0 saturated carbocycles. The highest BCUT2D eigenvalue weighted by atomic mass is 19.2. The van der Waals surface area contributed by atoms with E-state index < -0.39 is 52.9 Å². The number of rotatable bonds is 8. The van der Waals surface area contributed by atoms with Gasteiger partial charge in [-0.15, -0.1) is 0 Å². The molecule has 0 unspecified atom stereocenters. The Bertz CT molecular complexity index is 1730. The van der Waals surface area contributed by atoms with Crippen molar-refractivity contribution in [1.82, 2.24) is 14.0 Å². The van der Waals surface area contributed by atoms with Crippen LogP contribution in [0.3, 0.4) is 0 Å². The summed E-state index contributed by atoms with van der Waals surface area (Å²) >= 11 is 0. The van der Waals surface area contributed by atoms with E-state index in [0.717, 1.165) is 33.4 Å². The van der Waals surface area contributed by atoms with Crippen molar-refractivity contribution in [3.8, 4) is 0 Å². The molecule has 3 aromatic carbocycles. The predicted octanol–water partition coefficient (Wildman–Crippen LogP) is 4.08. The van der Waals surface area contributed by atoms with Crippen molar-refractivity contribution < 1.29 is 22.0 Å². The third-order valence-electron chi connectivity index (χ3n) is 7.85. The van der Waals surface area contributed by atoms with Crippen molar-refractivity contribution in [3.05, 3.63) is 133 Å². The second kappa shape index (κ2) is 12.5. The first-order valence-electron chi connectivity index (χ1n) is 13.7. The van der Waals surface area contributed by atoms with Gasteiger partial charge in [0.05, 0.1) is 13.1 Å². The van der Waals surface area contributed by atoms with E-state index in [1.54, 1.807) is 40.1 Å². The summed E-state index contributed by atoms with van der Waals surface area (Å²) in [6, 6.07) is 13.2. The van der Waals surface area contributed by atoms with Gasteiger partial charge in [0.2, 0.25) is 0 Å². The van der Waals surface area contributed by atoms with Crippen molar-refractivity contribution in [2.24, 2.45) is 5.73 Å². The molecule has 2 heterocycles. The van der Waals surface area contributed by atoms with Crippen molar-refractivity contribution in [3.63, 3.8) is 0 Å². The maximum atomic E-state index is 14.6. The van der Waals surface area contributed by atoms with E-state index in [9.17, 15) is 31.5 Å². The van der Waals surface area contributed by atoms with Crippen LogP contribution >= 0.6 is 0 Å². The maximum Gasteiger partial charge on any atom is 0.331 e. The van der Waals surface area contributed by atoms with Crippen LogP contribution in [0.1, 0.15) is 28.4 Å². The van der Waals surface area contributed by atoms with Gasteiger partial charge < -0.3 is 10.6 Å². The lowest BCUT2D eigenvalue weighted by Gasteiger charge is -2.37. The smallest absolute Gasteiger partial charge is 0.331 e. The summed E-state index contributed by atoms with van der Waals surface area (Å²) in [6.07, 6.45) is 0. The van der Waals surface area contributed by atoms with Crippen LogP contribution in [0, 0.1) is 36.0 Å². The second-order valence-electron chi connectivity index (χ2n) is 10.5. The van der Waals surface area contributed by atoms with Gasteiger partial charge in [0.15, 0.2) is 11.6 Å². The predicted molar refractivity (Wildman–Crippen MR) is 152 cm³/mol. The first-order chi connectivity index (χ1) is 20.6. The molecule has 1 aliphatic rings. The highest BCUT2D eigenvalue weighted by molar-refractivity contribution is 5.50. The lowest BCUT2D eigenvalue weighted by atomic mass is 10.1. The molecule has 0 aliphatic carbocycles. The van der Waals surface area contributed by atoms with Gasteiger partial charge in [0.25, 0.3) is 5.56 Å². The molecule has 43 heavy (non-hydrogen) atoms. The summed E-state index contributed by atoms with van der Waals surface area (Å²) in [7, 11) is 0. The summed E-state index contributed by atoms with van der Waals surface area (Å²) in [4.78, 5) is 31.0. The van der Waals surface area contributed by atoms with Crippen LogP contribution in [0.15, 0.2) is 70.3 Å². The third-order valence-corrected chi connectivity index (χ3v) is 7.85. The summed E-state index contributed by atoms with van der Waals surface area (Å²) in [6.45, 7) is 1.68. The number of benzene rings is 3. The molecule has 1 saturated heterocycles. The van der Waals surface area contributed by atoms with Crippen molar-refractivity contribution >= 4 is 5.69 Å². The van der Waals surface area contributed by atoms with Crippen LogP contribution in [0.2, 0.25) is 0 Å². The average Bonchev–Trinajstić information content (AvgIpc) is 3.00. The Morgan fingerprint density at radius 3 is 1.98 bits per heavy atom. The van der Waals surface area contributed by atoms with Crippen LogP contribution in [0.4, 0.5) is 27.6 Å². The fourth-order valence-electron chi connectivity index (χ4n) is 5.41. The minimum Gasteiger partial charge on any atom is -0.363 e. The number of nitrogens with two attached hydrogens (primary N) is 1. The Kier molecular flexibility index (Phi) is 8.79. The van der Waals surface area contributed by atoms with Gasteiger partial charge in [0, 0.05) is 55.6 Å². The van der Waals surface area contributed by atoms with Gasteiger partial charge >= 0.3 is 5.69 Å². The van der Waals surface area contributed by atoms with Gasteiger partial charge in [-0.2, -0.15) is 0 Å². The number of piperazine rings is 1. The Labute approximate surface area is 244 Å². The largest absolute Gasteiger partial charge is 0.363 e. The number of hydrogen-bond acceptors (Lipinski definition) is 5. The number of halogens is 5. The van der Waals surface area contributed by atoms with E-state index in [0.29, 0.717) is 5.56 Å². The van der Waals surface area contributed by atoms with E-state index in [1.807, 2.05) is 0 Å². The Balaban J connectivity index is 1.50. The molecule has 1 aliphatic heterocycles. The standard InChI is InChI=1S/C31H30F5N5O2/c1-19-29(39-14-12-38(13-15-39)16-22-25(34)10-11-26(35)28(22)36)30(42)41(18-27(37)20-6-3-2-4-7-20)31(43)40(19)17-21-23(32)8-5-9-24(21)33/h2-11,27H,12-18,37H2,1H3/t27-/m0/s1. The minimum atomic E-state index is -1.25. The first kappa shape index (κ1) is 30.2. The molecule has 1 fully saturated rings. The highest BCUT2D eigenvalue weighted by Gasteiger charge is 2.27. The molecular weight excluding hydrogens is 569 g/mol. The molecule has 7 nitrogen and oxygen atoms in total. The highest BCUT2D eigenvalue weighted by Crippen LogP contribution is 2.22. The minimum absolute atomic E-state index is 0.152. The van der Waals surface area contributed by atoms with E-state index in [2.05, 4.69) is 0 Å². The molecular formula is C31H30F5N5O2. The summed E-state index contributed by atoms with van der Waals surface area (Å²) < 4.78 is 73.6. The van der Waals surface area contributed by atoms with Crippen LogP contribution < -0.4 is 21.9 Å². The van der Waals surface area contributed by atoms with Crippen LogP contribution in [-0.4, -0.2) is 40.2 Å². The molecule has 226 valence electrons. The maximum absolute atomic E-state index is 14.6. The number of anilines is 1. The number of aromatic nitrogens is 2. The number of nitrogens with zero attached hydrogens (tertiary/aromatic N) is 4. The zero-order valence-electron chi connectivity index (χ0n) is 23.4. The van der Waals surface area contributed by atoms with Crippen molar-refractivity contribution in [2.75, 3.05) is 31.1 Å². The van der Waals surface area contributed by atoms with E-state index in [-0.39, 0.29) is 61.8 Å². The van der Waals surface area contributed by atoms with Crippen LogP contribution in [0.5, 0.6) is 0 Å². The van der Waals surface area contributed by atoms with Gasteiger partial charge in [-0.3, -0.25) is 18.8 Å². The quantitative estimate of drug-likeness (QED) is 0.244. The fraction of sp³-hybridized carbons (Fsp3) is 0.290. The first-order valence-corrected chi connectivity index (χ1v) is 13.7. The lowest BCUT2D eigenvalue weighted by molar-refractivity contribution is 0.241. The fourth-order valence-corrected chi connectivity index (χ4v) is 5.41. The van der Waals surface area contributed by atoms with Crippen molar-refractivity contribution in [1.29, 1.82) is 0 Å². The zero-order chi connectivity index (χ0) is 30.8. The molecule has 1 aromatic heterocycles. The van der Waals surface area contributed by atoms with Gasteiger partial charge in [-0.05, 0) is 36.8 Å². The topological polar surface area (TPSA) is 76.5 Å². The van der Waals surface area contributed by atoms with Gasteiger partial charge in [0.1, 0.15) is 23.1 Å². The molecule has 1 atom stereocenters. The monoisotopic (exact) mass is 599 g/mol. The summed E-state index contributed by atoms with van der Waals surface area (Å²) in [5.41, 5.74) is 5.32. The molecule has 4 aromatic rings. The molecule has 0 bridgehead atoms. The summed E-state index contributed by atoms with van der Waals surface area (Å²) in [5.74, 6) is -4.92. The number of hydrogen-bond donors (Lipinski definition) is 1.